The van der Waals surface area contributed by atoms with Crippen LogP contribution in [0.2, 0.25) is 0 Å². The van der Waals surface area contributed by atoms with Gasteiger partial charge in [-0.15, -0.1) is 12.4 Å². The summed E-state index contributed by atoms with van der Waals surface area (Å²) >= 11 is 0. The number of nitrogens with one attached hydrogen (secondary N) is 2. The lowest BCUT2D eigenvalue weighted by molar-refractivity contribution is 0.0951. The van der Waals surface area contributed by atoms with Crippen molar-refractivity contribution in [1.82, 2.24) is 15.1 Å². The number of rotatable bonds is 7. The van der Waals surface area contributed by atoms with Gasteiger partial charge in [0.2, 0.25) is 0 Å². The predicted octanol–water partition coefficient (Wildman–Crippen LogP) is 0.451. The van der Waals surface area contributed by atoms with E-state index in [0.717, 1.165) is 4.68 Å². The SMILES string of the molecule is Cl.Cn1nc(-c2ccc(C(=N)N)cc2)cc(C(=O)NCCCP(=O)(O)O)c1=O. The van der Waals surface area contributed by atoms with Crippen LogP contribution in [0.25, 0.3) is 11.3 Å². The fourth-order valence-electron chi connectivity index (χ4n) is 2.32. The number of hydrogen-bond donors (Lipinski definition) is 5. The van der Waals surface area contributed by atoms with E-state index < -0.39 is 19.1 Å². The van der Waals surface area contributed by atoms with Gasteiger partial charge in [0.05, 0.1) is 11.9 Å². The number of aromatic nitrogens is 2. The first-order chi connectivity index (χ1) is 12.6. The molecular formula is C16H21ClN5O5P. The average molecular weight is 430 g/mol. The van der Waals surface area contributed by atoms with E-state index >= 15 is 0 Å². The standard InChI is InChI=1S/C16H20N5O5P.ClH/c1-21-16(23)12(15(22)19-7-2-8-27(24,25)26)9-13(20-21)10-3-5-11(6-4-10)14(17)18;/h3-6,9H,2,7-8H2,1H3,(H3,17,18)(H,19,22)(H2,24,25,26);1H. The van der Waals surface area contributed by atoms with Gasteiger partial charge in [-0.25, -0.2) is 4.68 Å². The number of halogens is 1. The molecule has 12 heteroatoms. The van der Waals surface area contributed by atoms with E-state index in [1.165, 1.54) is 13.1 Å². The minimum atomic E-state index is -4.13. The van der Waals surface area contributed by atoms with Crippen LogP contribution in [0.1, 0.15) is 22.3 Å². The van der Waals surface area contributed by atoms with E-state index in [0.29, 0.717) is 16.8 Å². The highest BCUT2D eigenvalue weighted by Gasteiger charge is 2.16. The number of nitrogen functional groups attached to an aromatic ring is 1. The summed E-state index contributed by atoms with van der Waals surface area (Å²) in [5, 5.41) is 14.0. The van der Waals surface area contributed by atoms with Gasteiger partial charge in [-0.05, 0) is 12.5 Å². The van der Waals surface area contributed by atoms with E-state index in [-0.39, 0.29) is 42.9 Å². The summed E-state index contributed by atoms with van der Waals surface area (Å²) in [6.07, 6.45) is -0.268. The third kappa shape index (κ3) is 6.28. The summed E-state index contributed by atoms with van der Waals surface area (Å²) in [5.74, 6) is -0.726. The van der Waals surface area contributed by atoms with Crippen molar-refractivity contribution >= 4 is 31.7 Å². The number of nitrogens with two attached hydrogens (primary N) is 1. The third-order valence-corrected chi connectivity index (χ3v) is 4.61. The van der Waals surface area contributed by atoms with Gasteiger partial charge in [-0.3, -0.25) is 19.6 Å². The van der Waals surface area contributed by atoms with Gasteiger partial charge in [0.1, 0.15) is 11.4 Å². The third-order valence-electron chi connectivity index (χ3n) is 3.71. The zero-order valence-electron chi connectivity index (χ0n) is 15.0. The zero-order valence-corrected chi connectivity index (χ0v) is 16.7. The van der Waals surface area contributed by atoms with Crippen molar-refractivity contribution in [3.05, 3.63) is 51.8 Å². The fraction of sp³-hybridized carbons (Fsp3) is 0.250. The smallest absolute Gasteiger partial charge is 0.325 e. The molecule has 1 heterocycles. The highest BCUT2D eigenvalue weighted by molar-refractivity contribution is 7.51. The van der Waals surface area contributed by atoms with Crippen molar-refractivity contribution in [2.75, 3.05) is 12.7 Å². The number of carbonyl (C=O) groups is 1. The summed E-state index contributed by atoms with van der Waals surface area (Å²) in [4.78, 5) is 42.1. The van der Waals surface area contributed by atoms with E-state index in [2.05, 4.69) is 10.4 Å². The molecule has 6 N–H and O–H groups in total. The number of amides is 1. The lowest BCUT2D eigenvalue weighted by atomic mass is 10.1. The van der Waals surface area contributed by atoms with Crippen molar-refractivity contribution < 1.29 is 19.1 Å². The minimum absolute atomic E-state index is 0. The van der Waals surface area contributed by atoms with Crippen LogP contribution in [0.15, 0.2) is 35.1 Å². The molecule has 0 radical (unpaired) electrons. The molecule has 1 aromatic heterocycles. The Kier molecular flexibility index (Phi) is 8.07. The summed E-state index contributed by atoms with van der Waals surface area (Å²) in [6, 6.07) is 7.96. The van der Waals surface area contributed by atoms with Gasteiger partial charge >= 0.3 is 7.60 Å². The molecule has 10 nitrogen and oxygen atoms in total. The molecule has 1 aromatic carbocycles. The molecule has 2 aromatic rings. The number of carbonyl (C=O) groups excluding carboxylic acids is 1. The molecule has 0 atom stereocenters. The maximum atomic E-state index is 12.3. The molecule has 0 spiro atoms. The Labute approximate surface area is 166 Å². The second-order valence-electron chi connectivity index (χ2n) is 5.86. The number of amidine groups is 1. The molecule has 2 rings (SSSR count). The largest absolute Gasteiger partial charge is 0.384 e. The molecule has 28 heavy (non-hydrogen) atoms. The predicted molar refractivity (Wildman–Crippen MR) is 107 cm³/mol. The maximum Gasteiger partial charge on any atom is 0.325 e. The first-order valence-corrected chi connectivity index (χ1v) is 9.74. The molecule has 1 amide bonds. The van der Waals surface area contributed by atoms with Crippen LogP contribution in [0.4, 0.5) is 0 Å². The topological polar surface area (TPSA) is 171 Å². The van der Waals surface area contributed by atoms with Crippen LogP contribution in [-0.2, 0) is 11.6 Å². The fourth-order valence-corrected chi connectivity index (χ4v) is 2.89. The second kappa shape index (κ2) is 9.61. The van der Waals surface area contributed by atoms with Gasteiger partial charge in [0.15, 0.2) is 0 Å². The van der Waals surface area contributed by atoms with Crippen molar-refractivity contribution in [1.29, 1.82) is 5.41 Å². The Morgan fingerprint density at radius 1 is 1.32 bits per heavy atom. The van der Waals surface area contributed by atoms with Gasteiger partial charge in [0.25, 0.3) is 11.5 Å². The first kappa shape index (κ1) is 23.5. The van der Waals surface area contributed by atoms with Crippen LogP contribution in [0.3, 0.4) is 0 Å². The second-order valence-corrected chi connectivity index (χ2v) is 7.64. The summed E-state index contributed by atoms with van der Waals surface area (Å²) in [7, 11) is -2.71. The molecule has 0 aliphatic rings. The lowest BCUT2D eigenvalue weighted by Gasteiger charge is -2.09. The van der Waals surface area contributed by atoms with Crippen molar-refractivity contribution in [2.45, 2.75) is 6.42 Å². The number of aryl methyl sites for hydroxylation is 1. The minimum Gasteiger partial charge on any atom is -0.384 e. The Hall–Kier alpha value is -2.52. The Bertz CT molecular complexity index is 970. The molecule has 0 saturated carbocycles. The Balaban J connectivity index is 0.00000392. The van der Waals surface area contributed by atoms with Gasteiger partial charge < -0.3 is 20.8 Å². The summed E-state index contributed by atoms with van der Waals surface area (Å²) in [6.45, 7) is 0.0259. The van der Waals surface area contributed by atoms with Gasteiger partial charge in [-0.2, -0.15) is 5.10 Å². The monoisotopic (exact) mass is 429 g/mol. The zero-order chi connectivity index (χ0) is 20.2. The van der Waals surface area contributed by atoms with Crippen molar-refractivity contribution in [3.8, 4) is 11.3 Å². The molecular weight excluding hydrogens is 409 g/mol. The highest BCUT2D eigenvalue weighted by atomic mass is 35.5. The van der Waals surface area contributed by atoms with Crippen LogP contribution in [0, 0.1) is 5.41 Å². The summed E-state index contributed by atoms with van der Waals surface area (Å²) < 4.78 is 11.9. The molecule has 152 valence electrons. The van der Waals surface area contributed by atoms with Crippen LogP contribution < -0.4 is 16.6 Å². The highest BCUT2D eigenvalue weighted by Crippen LogP contribution is 2.34. The van der Waals surface area contributed by atoms with Crippen LogP contribution >= 0.6 is 20.0 Å². The van der Waals surface area contributed by atoms with E-state index in [9.17, 15) is 14.2 Å². The number of hydrogen-bond acceptors (Lipinski definition) is 5. The number of benzene rings is 1. The molecule has 0 fully saturated rings. The van der Waals surface area contributed by atoms with E-state index in [4.69, 9.17) is 20.9 Å². The average Bonchev–Trinajstić information content (AvgIpc) is 2.60. The number of nitrogens with zero attached hydrogens (tertiary/aromatic N) is 2. The van der Waals surface area contributed by atoms with Crippen LogP contribution in [0.5, 0.6) is 0 Å². The van der Waals surface area contributed by atoms with E-state index in [1.807, 2.05) is 0 Å². The van der Waals surface area contributed by atoms with Gasteiger partial charge in [0, 0.05) is 24.7 Å². The molecule has 0 bridgehead atoms. The maximum absolute atomic E-state index is 12.3. The van der Waals surface area contributed by atoms with Crippen LogP contribution in [-0.4, -0.2) is 44.0 Å². The first-order valence-electron chi connectivity index (χ1n) is 7.94. The molecule has 0 unspecified atom stereocenters. The molecule has 0 saturated heterocycles. The van der Waals surface area contributed by atoms with E-state index in [1.54, 1.807) is 24.3 Å². The van der Waals surface area contributed by atoms with Crippen molar-refractivity contribution in [2.24, 2.45) is 12.8 Å². The van der Waals surface area contributed by atoms with Crippen molar-refractivity contribution in [3.63, 3.8) is 0 Å². The normalized spacial score (nSPS) is 10.8. The quantitative estimate of drug-likeness (QED) is 0.184. The Morgan fingerprint density at radius 3 is 2.46 bits per heavy atom. The lowest BCUT2D eigenvalue weighted by Crippen LogP contribution is -2.34. The molecule has 0 aliphatic heterocycles. The van der Waals surface area contributed by atoms with Gasteiger partial charge in [-0.1, -0.05) is 24.3 Å². The Morgan fingerprint density at radius 2 is 1.93 bits per heavy atom. The summed E-state index contributed by atoms with van der Waals surface area (Å²) in [5.41, 5.74) is 6.24. The molecule has 0 aliphatic carbocycles.